The second kappa shape index (κ2) is 7.31. The molecule has 0 aromatic heterocycles. The molecule has 116 valence electrons. The smallest absolute Gasteiger partial charge is 0.323 e. The number of anilines is 2. The van der Waals surface area contributed by atoms with Crippen LogP contribution in [0.5, 0.6) is 5.75 Å². The van der Waals surface area contributed by atoms with E-state index in [9.17, 15) is 4.79 Å². The number of amides is 2. The van der Waals surface area contributed by atoms with Crippen molar-refractivity contribution >= 4 is 33.3 Å². The van der Waals surface area contributed by atoms with Gasteiger partial charge >= 0.3 is 6.03 Å². The van der Waals surface area contributed by atoms with Gasteiger partial charge in [0.25, 0.3) is 0 Å². The first kappa shape index (κ1) is 16.4. The first-order valence-electron chi connectivity index (χ1n) is 7.05. The van der Waals surface area contributed by atoms with Crippen LogP contribution in [0.4, 0.5) is 16.2 Å². The van der Waals surface area contributed by atoms with Crippen LogP contribution in [-0.2, 0) is 0 Å². The third-order valence-electron chi connectivity index (χ3n) is 2.90. The van der Waals surface area contributed by atoms with Crippen molar-refractivity contribution in [2.45, 2.75) is 26.9 Å². The summed E-state index contributed by atoms with van der Waals surface area (Å²) < 4.78 is 6.57. The zero-order chi connectivity index (χ0) is 16.1. The van der Waals surface area contributed by atoms with E-state index in [0.29, 0.717) is 5.69 Å². The molecule has 0 fully saturated rings. The molecule has 0 spiro atoms. The van der Waals surface area contributed by atoms with Gasteiger partial charge in [0.1, 0.15) is 5.75 Å². The highest BCUT2D eigenvalue weighted by Gasteiger charge is 2.05. The van der Waals surface area contributed by atoms with Gasteiger partial charge < -0.3 is 15.4 Å². The van der Waals surface area contributed by atoms with Crippen molar-refractivity contribution in [1.29, 1.82) is 0 Å². The van der Waals surface area contributed by atoms with Gasteiger partial charge in [0.15, 0.2) is 0 Å². The van der Waals surface area contributed by atoms with Crippen LogP contribution in [-0.4, -0.2) is 12.1 Å². The van der Waals surface area contributed by atoms with E-state index in [1.165, 1.54) is 0 Å². The fourth-order valence-corrected chi connectivity index (χ4v) is 2.15. The summed E-state index contributed by atoms with van der Waals surface area (Å²) in [5.74, 6) is 0.782. The second-order valence-corrected chi connectivity index (χ2v) is 6.09. The van der Waals surface area contributed by atoms with E-state index in [1.807, 2.05) is 63.2 Å². The fourth-order valence-electron chi connectivity index (χ4n) is 1.90. The van der Waals surface area contributed by atoms with Crippen LogP contribution in [0.3, 0.4) is 0 Å². The fraction of sp³-hybridized carbons (Fsp3) is 0.235. The summed E-state index contributed by atoms with van der Waals surface area (Å²) in [6, 6.07) is 12.7. The van der Waals surface area contributed by atoms with Crippen molar-refractivity contribution in [3.8, 4) is 5.75 Å². The molecule has 0 radical (unpaired) electrons. The zero-order valence-electron chi connectivity index (χ0n) is 12.8. The van der Waals surface area contributed by atoms with Gasteiger partial charge in [-0.2, -0.15) is 0 Å². The molecule has 5 heteroatoms. The number of carbonyl (C=O) groups excluding carboxylic acids is 1. The summed E-state index contributed by atoms with van der Waals surface area (Å²) >= 11 is 3.43. The number of rotatable bonds is 4. The Bertz CT molecular complexity index is 654. The predicted molar refractivity (Wildman–Crippen MR) is 93.7 cm³/mol. The molecular formula is C17H19BrN2O2. The molecule has 0 heterocycles. The SMILES string of the molecule is Cc1cc(NC(=O)Nc2ccc(OC(C)C)cc2)ccc1Br. The number of urea groups is 1. The zero-order valence-corrected chi connectivity index (χ0v) is 14.4. The normalized spacial score (nSPS) is 10.4. The van der Waals surface area contributed by atoms with Crippen LogP contribution >= 0.6 is 15.9 Å². The average Bonchev–Trinajstić information content (AvgIpc) is 2.44. The molecule has 0 saturated heterocycles. The summed E-state index contributed by atoms with van der Waals surface area (Å²) in [6.45, 7) is 5.92. The molecule has 22 heavy (non-hydrogen) atoms. The van der Waals surface area contributed by atoms with Crippen molar-refractivity contribution in [3.05, 3.63) is 52.5 Å². The van der Waals surface area contributed by atoms with Crippen LogP contribution in [0, 0.1) is 6.92 Å². The van der Waals surface area contributed by atoms with Gasteiger partial charge in [-0.25, -0.2) is 4.79 Å². The molecular weight excluding hydrogens is 344 g/mol. The molecule has 0 unspecified atom stereocenters. The van der Waals surface area contributed by atoms with Gasteiger partial charge in [0, 0.05) is 15.8 Å². The Labute approximate surface area is 139 Å². The van der Waals surface area contributed by atoms with E-state index < -0.39 is 0 Å². The van der Waals surface area contributed by atoms with Gasteiger partial charge in [-0.15, -0.1) is 0 Å². The standard InChI is InChI=1S/C17H19BrN2O2/c1-11(2)22-15-7-4-13(5-8-15)19-17(21)20-14-6-9-16(18)12(3)10-14/h4-11H,1-3H3,(H2,19,20,21). The first-order valence-corrected chi connectivity index (χ1v) is 7.84. The second-order valence-electron chi connectivity index (χ2n) is 5.23. The maximum absolute atomic E-state index is 12.0. The lowest BCUT2D eigenvalue weighted by Crippen LogP contribution is -2.19. The van der Waals surface area contributed by atoms with Gasteiger partial charge in [0.05, 0.1) is 6.10 Å². The van der Waals surface area contributed by atoms with Gasteiger partial charge in [0.2, 0.25) is 0 Å². The molecule has 4 nitrogen and oxygen atoms in total. The number of carbonyl (C=O) groups is 1. The minimum Gasteiger partial charge on any atom is -0.491 e. The van der Waals surface area contributed by atoms with E-state index >= 15 is 0 Å². The summed E-state index contributed by atoms with van der Waals surface area (Å²) in [5, 5.41) is 5.59. The van der Waals surface area contributed by atoms with Gasteiger partial charge in [-0.1, -0.05) is 15.9 Å². The number of benzene rings is 2. The highest BCUT2D eigenvalue weighted by Crippen LogP contribution is 2.21. The Balaban J connectivity index is 1.95. The average molecular weight is 363 g/mol. The molecule has 2 amide bonds. The Morgan fingerprint density at radius 3 is 2.23 bits per heavy atom. The highest BCUT2D eigenvalue weighted by molar-refractivity contribution is 9.10. The number of hydrogen-bond donors (Lipinski definition) is 2. The van der Waals surface area contributed by atoms with Crippen molar-refractivity contribution < 1.29 is 9.53 Å². The largest absolute Gasteiger partial charge is 0.491 e. The topological polar surface area (TPSA) is 50.4 Å². The van der Waals surface area contributed by atoms with E-state index in [4.69, 9.17) is 4.74 Å². The summed E-state index contributed by atoms with van der Waals surface area (Å²) in [4.78, 5) is 12.0. The van der Waals surface area contributed by atoms with Crippen LogP contribution in [0.25, 0.3) is 0 Å². The van der Waals surface area contributed by atoms with Crippen molar-refractivity contribution in [2.75, 3.05) is 10.6 Å². The lowest BCUT2D eigenvalue weighted by atomic mass is 10.2. The van der Waals surface area contributed by atoms with E-state index in [0.717, 1.165) is 21.5 Å². The van der Waals surface area contributed by atoms with Crippen LogP contribution in [0.15, 0.2) is 46.9 Å². The van der Waals surface area contributed by atoms with E-state index in [-0.39, 0.29) is 12.1 Å². The van der Waals surface area contributed by atoms with Gasteiger partial charge in [-0.05, 0) is 68.8 Å². The first-order chi connectivity index (χ1) is 10.4. The third-order valence-corrected chi connectivity index (χ3v) is 3.79. The lowest BCUT2D eigenvalue weighted by Gasteiger charge is -2.11. The highest BCUT2D eigenvalue weighted by atomic mass is 79.9. The Morgan fingerprint density at radius 1 is 1.05 bits per heavy atom. The Morgan fingerprint density at radius 2 is 1.64 bits per heavy atom. The molecule has 2 aromatic rings. The maximum atomic E-state index is 12.0. The number of hydrogen-bond acceptors (Lipinski definition) is 2. The molecule has 2 rings (SSSR count). The number of nitrogens with one attached hydrogen (secondary N) is 2. The van der Waals surface area contributed by atoms with E-state index in [1.54, 1.807) is 0 Å². The van der Waals surface area contributed by atoms with Crippen molar-refractivity contribution in [3.63, 3.8) is 0 Å². The number of aryl methyl sites for hydroxylation is 1. The summed E-state index contributed by atoms with van der Waals surface area (Å²) in [6.07, 6.45) is 0.128. The van der Waals surface area contributed by atoms with Crippen LogP contribution in [0.1, 0.15) is 19.4 Å². The van der Waals surface area contributed by atoms with Gasteiger partial charge in [-0.3, -0.25) is 0 Å². The van der Waals surface area contributed by atoms with Crippen molar-refractivity contribution in [1.82, 2.24) is 0 Å². The lowest BCUT2D eigenvalue weighted by molar-refractivity contribution is 0.242. The molecule has 0 aliphatic rings. The van der Waals surface area contributed by atoms with E-state index in [2.05, 4.69) is 26.6 Å². The van der Waals surface area contributed by atoms with Crippen molar-refractivity contribution in [2.24, 2.45) is 0 Å². The van der Waals surface area contributed by atoms with Crippen LogP contribution in [0.2, 0.25) is 0 Å². The summed E-state index contributed by atoms with van der Waals surface area (Å²) in [5.41, 5.74) is 2.52. The molecule has 2 N–H and O–H groups in total. The maximum Gasteiger partial charge on any atom is 0.323 e. The number of ether oxygens (including phenoxy) is 1. The van der Waals surface area contributed by atoms with Crippen LogP contribution < -0.4 is 15.4 Å². The number of halogens is 1. The molecule has 2 aromatic carbocycles. The Kier molecular flexibility index (Phi) is 5.44. The monoisotopic (exact) mass is 362 g/mol. The molecule has 0 saturated carbocycles. The summed E-state index contributed by atoms with van der Waals surface area (Å²) in [7, 11) is 0. The molecule has 0 atom stereocenters. The minimum absolute atomic E-state index is 0.128. The quantitative estimate of drug-likeness (QED) is 0.786. The Hall–Kier alpha value is -2.01. The molecule has 0 bridgehead atoms. The minimum atomic E-state index is -0.278. The third kappa shape index (κ3) is 4.77. The predicted octanol–water partition coefficient (Wildman–Crippen LogP) is 5.19. The molecule has 0 aliphatic carbocycles. The molecule has 0 aliphatic heterocycles.